The smallest absolute Gasteiger partial charge is 0.231 e. The maximum atomic E-state index is 10.9. The molecule has 3 aromatic rings. The first-order valence-electron chi connectivity index (χ1n) is 9.57. The largest absolute Gasteiger partial charge is 0.481 e. The quantitative estimate of drug-likeness (QED) is 0.607. The van der Waals surface area contributed by atoms with E-state index in [2.05, 4.69) is 20.2 Å². The number of halogens is 1. The molecule has 0 fully saturated rings. The molecule has 0 atom stereocenters. The number of nitrogens with zero attached hydrogens (tertiary/aromatic N) is 3. The Morgan fingerprint density at radius 2 is 1.97 bits per heavy atom. The van der Waals surface area contributed by atoms with Gasteiger partial charge in [-0.25, -0.2) is 4.98 Å². The molecule has 7 nitrogen and oxygen atoms in total. The molecule has 0 spiro atoms. The third kappa shape index (κ3) is 4.08. The molecule has 4 rings (SSSR count). The van der Waals surface area contributed by atoms with Gasteiger partial charge in [-0.3, -0.25) is 4.79 Å². The molecule has 0 aliphatic carbocycles. The number of amides is 1. The number of benzene rings is 2. The van der Waals surface area contributed by atoms with Crippen LogP contribution in [-0.2, 0) is 24.4 Å². The van der Waals surface area contributed by atoms with Crippen molar-refractivity contribution in [2.45, 2.75) is 19.6 Å². The molecule has 1 aromatic heterocycles. The van der Waals surface area contributed by atoms with Crippen molar-refractivity contribution in [1.82, 2.24) is 15.3 Å². The first kappa shape index (κ1) is 20.1. The molecule has 0 unspecified atom stereocenters. The topological polar surface area (TPSA) is 93.4 Å². The number of primary amides is 1. The highest BCUT2D eigenvalue weighted by atomic mass is 35.5. The average molecular weight is 424 g/mol. The van der Waals surface area contributed by atoms with Crippen LogP contribution < -0.4 is 20.7 Å². The number of ether oxygens (including phenoxy) is 1. The zero-order chi connectivity index (χ0) is 21.1. The van der Waals surface area contributed by atoms with Gasteiger partial charge in [0, 0.05) is 5.56 Å². The molecule has 30 heavy (non-hydrogen) atoms. The zero-order valence-corrected chi connectivity index (χ0v) is 17.3. The van der Waals surface area contributed by atoms with Gasteiger partial charge in [0.2, 0.25) is 11.8 Å². The lowest BCUT2D eigenvalue weighted by Crippen LogP contribution is -2.28. The maximum Gasteiger partial charge on any atom is 0.231 e. The molecule has 1 amide bonds. The molecule has 1 aliphatic rings. The van der Waals surface area contributed by atoms with E-state index in [-0.39, 0.29) is 6.54 Å². The summed E-state index contributed by atoms with van der Waals surface area (Å²) in [4.78, 5) is 22.2. The molecule has 0 saturated heterocycles. The fourth-order valence-electron chi connectivity index (χ4n) is 3.59. The minimum absolute atomic E-state index is 0.0662. The van der Waals surface area contributed by atoms with Crippen molar-refractivity contribution in [2.75, 3.05) is 18.6 Å². The minimum Gasteiger partial charge on any atom is -0.481 e. The van der Waals surface area contributed by atoms with Gasteiger partial charge in [-0.1, -0.05) is 54.1 Å². The first-order valence-corrected chi connectivity index (χ1v) is 9.95. The van der Waals surface area contributed by atoms with Crippen LogP contribution in [0.5, 0.6) is 5.88 Å². The number of carbonyl (C=O) groups is 1. The van der Waals surface area contributed by atoms with E-state index >= 15 is 0 Å². The lowest BCUT2D eigenvalue weighted by molar-refractivity contribution is -0.117. The Balaban J connectivity index is 1.61. The highest BCUT2D eigenvalue weighted by Crippen LogP contribution is 2.40. The van der Waals surface area contributed by atoms with Gasteiger partial charge < -0.3 is 20.7 Å². The summed E-state index contributed by atoms with van der Waals surface area (Å²) in [5.41, 5.74) is 9.99. The molecule has 0 radical (unpaired) electrons. The molecular weight excluding hydrogens is 402 g/mol. The number of nitrogens with two attached hydrogens (primary N) is 1. The molecule has 154 valence electrons. The molecule has 0 saturated carbocycles. The molecule has 0 bridgehead atoms. The van der Waals surface area contributed by atoms with Crippen LogP contribution in [0.1, 0.15) is 17.1 Å². The van der Waals surface area contributed by atoms with E-state index in [1.807, 2.05) is 48.5 Å². The van der Waals surface area contributed by atoms with E-state index in [9.17, 15) is 4.79 Å². The summed E-state index contributed by atoms with van der Waals surface area (Å²) in [5.74, 6) is 0.661. The Morgan fingerprint density at radius 1 is 1.17 bits per heavy atom. The zero-order valence-electron chi connectivity index (χ0n) is 16.6. The Hall–Kier alpha value is -3.16. The number of hydrogen-bond acceptors (Lipinski definition) is 6. The van der Waals surface area contributed by atoms with Crippen molar-refractivity contribution in [3.05, 3.63) is 70.6 Å². The van der Waals surface area contributed by atoms with Gasteiger partial charge in [0.1, 0.15) is 5.82 Å². The van der Waals surface area contributed by atoms with Crippen molar-refractivity contribution in [1.29, 1.82) is 0 Å². The van der Waals surface area contributed by atoms with Crippen molar-refractivity contribution < 1.29 is 9.53 Å². The Morgan fingerprint density at radius 3 is 2.70 bits per heavy atom. The van der Waals surface area contributed by atoms with Crippen LogP contribution in [0.2, 0.25) is 5.02 Å². The number of aromatic nitrogens is 2. The van der Waals surface area contributed by atoms with E-state index < -0.39 is 5.91 Å². The van der Waals surface area contributed by atoms with Gasteiger partial charge in [0.25, 0.3) is 0 Å². The molecule has 2 aromatic carbocycles. The molecule has 2 heterocycles. The van der Waals surface area contributed by atoms with Gasteiger partial charge in [0.15, 0.2) is 0 Å². The van der Waals surface area contributed by atoms with Gasteiger partial charge in [-0.2, -0.15) is 4.98 Å². The minimum atomic E-state index is -0.428. The predicted octanol–water partition coefficient (Wildman–Crippen LogP) is 2.90. The van der Waals surface area contributed by atoms with E-state index in [1.54, 1.807) is 7.11 Å². The van der Waals surface area contributed by atoms with Crippen LogP contribution in [0.4, 0.5) is 5.69 Å². The second kappa shape index (κ2) is 8.69. The molecule has 1 aliphatic heterocycles. The van der Waals surface area contributed by atoms with Crippen molar-refractivity contribution in [2.24, 2.45) is 5.73 Å². The van der Waals surface area contributed by atoms with Gasteiger partial charge in [0.05, 0.1) is 55.3 Å². The summed E-state index contributed by atoms with van der Waals surface area (Å²) in [6.07, 6.45) is 0. The van der Waals surface area contributed by atoms with Crippen molar-refractivity contribution in [3.63, 3.8) is 0 Å². The number of carbonyl (C=O) groups excluding carboxylic acids is 1. The highest BCUT2D eigenvalue weighted by Gasteiger charge is 2.28. The lowest BCUT2D eigenvalue weighted by atomic mass is 10.0. The number of nitrogens with one attached hydrogen (secondary N) is 1. The molecule has 3 N–H and O–H groups in total. The van der Waals surface area contributed by atoms with Crippen molar-refractivity contribution >= 4 is 23.2 Å². The standard InChI is InChI=1S/C22H22ClN5O2/c1-30-22-16-12-28(13-17(16)26-20(27-22)11-25-10-19(24)29)18-9-5-8-15(21(18)23)14-6-3-2-4-7-14/h2-9,25H,10-13H2,1H3,(H2,24,29). The van der Waals surface area contributed by atoms with Crippen LogP contribution in [0, 0.1) is 0 Å². The first-order chi connectivity index (χ1) is 14.6. The SMILES string of the molecule is COc1nc(CNCC(N)=O)nc2c1CN(c1cccc(-c3ccccc3)c1Cl)C2. The number of methoxy groups -OCH3 is 1. The van der Waals surface area contributed by atoms with E-state index in [1.165, 1.54) is 0 Å². The Labute approximate surface area is 179 Å². The highest BCUT2D eigenvalue weighted by molar-refractivity contribution is 6.36. The normalized spacial score (nSPS) is 12.7. The fraction of sp³-hybridized carbons (Fsp3) is 0.227. The lowest BCUT2D eigenvalue weighted by Gasteiger charge is -2.20. The van der Waals surface area contributed by atoms with Gasteiger partial charge in [-0.05, 0) is 11.6 Å². The third-order valence-electron chi connectivity index (χ3n) is 4.97. The second-order valence-corrected chi connectivity index (χ2v) is 7.38. The summed E-state index contributed by atoms with van der Waals surface area (Å²) < 4.78 is 5.50. The number of anilines is 1. The monoisotopic (exact) mass is 423 g/mol. The Bertz CT molecular complexity index is 1070. The van der Waals surface area contributed by atoms with Gasteiger partial charge in [-0.15, -0.1) is 0 Å². The van der Waals surface area contributed by atoms with Crippen LogP contribution in [0.3, 0.4) is 0 Å². The fourth-order valence-corrected chi connectivity index (χ4v) is 3.95. The van der Waals surface area contributed by atoms with Crippen molar-refractivity contribution in [3.8, 4) is 17.0 Å². The average Bonchev–Trinajstić information content (AvgIpc) is 3.17. The Kier molecular flexibility index (Phi) is 5.83. The van der Waals surface area contributed by atoms with Crippen LogP contribution >= 0.6 is 11.6 Å². The van der Waals surface area contributed by atoms with E-state index in [4.69, 9.17) is 22.1 Å². The summed E-state index contributed by atoms with van der Waals surface area (Å²) in [7, 11) is 1.59. The molecular formula is C22H22ClN5O2. The third-order valence-corrected chi connectivity index (χ3v) is 5.37. The predicted molar refractivity (Wildman–Crippen MR) is 116 cm³/mol. The van der Waals surface area contributed by atoms with Crippen LogP contribution in [0.25, 0.3) is 11.1 Å². The summed E-state index contributed by atoms with van der Waals surface area (Å²) in [6, 6.07) is 16.1. The van der Waals surface area contributed by atoms with E-state index in [0.717, 1.165) is 28.1 Å². The molecule has 8 heteroatoms. The van der Waals surface area contributed by atoms with Crippen LogP contribution in [-0.4, -0.2) is 29.5 Å². The number of hydrogen-bond donors (Lipinski definition) is 2. The van der Waals surface area contributed by atoms with Gasteiger partial charge >= 0.3 is 0 Å². The van der Waals surface area contributed by atoms with Crippen LogP contribution in [0.15, 0.2) is 48.5 Å². The summed E-state index contributed by atoms with van der Waals surface area (Å²) in [5, 5.41) is 3.63. The number of fused-ring (bicyclic) bond motifs is 1. The van der Waals surface area contributed by atoms with E-state index in [0.29, 0.717) is 36.4 Å². The summed E-state index contributed by atoms with van der Waals surface area (Å²) >= 11 is 6.81. The second-order valence-electron chi connectivity index (χ2n) is 7.00. The summed E-state index contributed by atoms with van der Waals surface area (Å²) in [6.45, 7) is 1.59. The number of rotatable bonds is 7. The maximum absolute atomic E-state index is 10.9.